The molecule has 80 valence electrons. The van der Waals surface area contributed by atoms with Crippen LogP contribution in [0.4, 0.5) is 0 Å². The van der Waals surface area contributed by atoms with Crippen LogP contribution >= 0.6 is 11.8 Å². The van der Waals surface area contributed by atoms with E-state index in [0.717, 1.165) is 6.42 Å². The normalized spacial score (nSPS) is 42.1. The Hall–Kier alpha value is -0.0300. The number of fused-ring (bicyclic) bond motifs is 1. The van der Waals surface area contributed by atoms with E-state index in [1.807, 2.05) is 11.8 Å². The lowest BCUT2D eigenvalue weighted by atomic mass is 9.85. The number of aliphatic hydroxyl groups excluding tert-OH is 2. The first-order valence-electron chi connectivity index (χ1n) is 5.14. The summed E-state index contributed by atoms with van der Waals surface area (Å²) in [6.45, 7) is 0.684. The van der Waals surface area contributed by atoms with Gasteiger partial charge in [-0.15, -0.1) is 11.8 Å². The Bertz CT molecular complexity index is 244. The summed E-state index contributed by atoms with van der Waals surface area (Å²) in [6.07, 6.45) is 3.51. The maximum Gasteiger partial charge on any atom is 0.0810 e. The molecule has 4 N–H and O–H groups in total. The van der Waals surface area contributed by atoms with E-state index in [1.165, 1.54) is 4.91 Å². The van der Waals surface area contributed by atoms with Crippen molar-refractivity contribution in [3.8, 4) is 0 Å². The maximum atomic E-state index is 9.53. The van der Waals surface area contributed by atoms with Crippen molar-refractivity contribution in [2.45, 2.75) is 36.7 Å². The van der Waals surface area contributed by atoms with E-state index >= 15 is 0 Å². The quantitative estimate of drug-likeness (QED) is 0.626. The molecule has 0 spiro atoms. The van der Waals surface area contributed by atoms with Crippen LogP contribution in [-0.4, -0.2) is 34.2 Å². The minimum Gasteiger partial charge on any atom is -0.390 e. The number of hydrogen-bond donors (Lipinski definition) is 3. The zero-order valence-electron chi connectivity index (χ0n) is 8.10. The van der Waals surface area contributed by atoms with Crippen molar-refractivity contribution in [1.29, 1.82) is 0 Å². The van der Waals surface area contributed by atoms with E-state index in [0.29, 0.717) is 30.6 Å². The highest BCUT2D eigenvalue weighted by Gasteiger charge is 2.38. The number of aliphatic hydroxyl groups is 2. The Morgan fingerprint density at radius 3 is 2.79 bits per heavy atom. The number of thioether (sulfide) groups is 1. The van der Waals surface area contributed by atoms with Gasteiger partial charge in [0.15, 0.2) is 0 Å². The van der Waals surface area contributed by atoms with E-state index < -0.39 is 12.2 Å². The molecule has 0 bridgehead atoms. The van der Waals surface area contributed by atoms with Crippen molar-refractivity contribution in [3.05, 3.63) is 11.0 Å². The lowest BCUT2D eigenvalue weighted by molar-refractivity contribution is -0.0161. The number of hydrogen-bond acceptors (Lipinski definition) is 4. The Morgan fingerprint density at radius 1 is 1.36 bits per heavy atom. The Morgan fingerprint density at radius 2 is 2.07 bits per heavy atom. The number of nitrogens with two attached hydrogens (primary N) is 1. The summed E-state index contributed by atoms with van der Waals surface area (Å²) in [5.74, 6) is 0.444. The lowest BCUT2D eigenvalue weighted by Gasteiger charge is -2.31. The van der Waals surface area contributed by atoms with E-state index in [2.05, 4.69) is 6.08 Å². The predicted molar refractivity (Wildman–Crippen MR) is 57.9 cm³/mol. The first-order valence-corrected chi connectivity index (χ1v) is 6.02. The summed E-state index contributed by atoms with van der Waals surface area (Å²) in [7, 11) is 0. The molecule has 0 aromatic carbocycles. The van der Waals surface area contributed by atoms with Crippen LogP contribution in [0.25, 0.3) is 0 Å². The largest absolute Gasteiger partial charge is 0.390 e. The summed E-state index contributed by atoms with van der Waals surface area (Å²) in [5, 5.41) is 19.5. The molecule has 14 heavy (non-hydrogen) atoms. The molecule has 0 saturated heterocycles. The Balaban J connectivity index is 1.98. The molecular formula is C10H17NO2S. The third kappa shape index (κ3) is 1.98. The van der Waals surface area contributed by atoms with Crippen molar-refractivity contribution in [2.75, 3.05) is 6.54 Å². The SMILES string of the molecule is NCCC1=CC2CC(O)C(O)CC2S1. The topological polar surface area (TPSA) is 66.5 Å². The van der Waals surface area contributed by atoms with Crippen LogP contribution < -0.4 is 5.73 Å². The molecule has 0 aromatic heterocycles. The molecule has 0 aromatic rings. The molecule has 2 rings (SSSR count). The van der Waals surface area contributed by atoms with Crippen molar-refractivity contribution < 1.29 is 10.2 Å². The van der Waals surface area contributed by atoms with Gasteiger partial charge in [0.05, 0.1) is 12.2 Å². The minimum atomic E-state index is -0.537. The summed E-state index contributed by atoms with van der Waals surface area (Å²) in [4.78, 5) is 1.34. The molecule has 4 heteroatoms. The van der Waals surface area contributed by atoms with Crippen molar-refractivity contribution in [1.82, 2.24) is 0 Å². The minimum absolute atomic E-state index is 0.444. The number of rotatable bonds is 2. The van der Waals surface area contributed by atoms with E-state index in [9.17, 15) is 10.2 Å². The molecule has 2 aliphatic rings. The van der Waals surface area contributed by atoms with Crippen LogP contribution in [-0.2, 0) is 0 Å². The lowest BCUT2D eigenvalue weighted by Crippen LogP contribution is -2.38. The van der Waals surface area contributed by atoms with Crippen molar-refractivity contribution in [2.24, 2.45) is 11.7 Å². The fourth-order valence-corrected chi connectivity index (χ4v) is 3.76. The highest BCUT2D eigenvalue weighted by Crippen LogP contribution is 2.45. The van der Waals surface area contributed by atoms with Gasteiger partial charge in [-0.05, 0) is 36.6 Å². The summed E-state index contributed by atoms with van der Waals surface area (Å²) >= 11 is 1.83. The van der Waals surface area contributed by atoms with Crippen LogP contribution in [0.5, 0.6) is 0 Å². The molecule has 4 atom stereocenters. The fourth-order valence-electron chi connectivity index (χ4n) is 2.23. The summed E-state index contributed by atoms with van der Waals surface area (Å²) in [5.41, 5.74) is 5.50. The van der Waals surface area contributed by atoms with Gasteiger partial charge in [-0.2, -0.15) is 0 Å². The van der Waals surface area contributed by atoms with Gasteiger partial charge in [0.25, 0.3) is 0 Å². The molecule has 1 heterocycles. The van der Waals surface area contributed by atoms with Gasteiger partial charge < -0.3 is 15.9 Å². The third-order valence-corrected chi connectivity index (χ3v) is 4.49. The van der Waals surface area contributed by atoms with Crippen molar-refractivity contribution >= 4 is 11.8 Å². The fraction of sp³-hybridized carbons (Fsp3) is 0.800. The standard InChI is InChI=1S/C10H17NO2S/c11-2-1-7-3-6-4-8(12)9(13)5-10(6)14-7/h3,6,8-10,12-13H,1-2,4-5,11H2. The van der Waals surface area contributed by atoms with Gasteiger partial charge in [0.1, 0.15) is 0 Å². The smallest absolute Gasteiger partial charge is 0.0810 e. The van der Waals surface area contributed by atoms with Gasteiger partial charge in [-0.1, -0.05) is 6.08 Å². The first kappa shape index (κ1) is 10.5. The van der Waals surface area contributed by atoms with Crippen LogP contribution in [0.3, 0.4) is 0 Å². The van der Waals surface area contributed by atoms with Gasteiger partial charge >= 0.3 is 0 Å². The maximum absolute atomic E-state index is 9.53. The average Bonchev–Trinajstić information content (AvgIpc) is 2.48. The van der Waals surface area contributed by atoms with Crippen LogP contribution in [0, 0.1) is 5.92 Å². The molecule has 1 saturated carbocycles. The van der Waals surface area contributed by atoms with Crippen LogP contribution in [0.1, 0.15) is 19.3 Å². The molecule has 1 fully saturated rings. The first-order chi connectivity index (χ1) is 6.70. The molecule has 3 nitrogen and oxygen atoms in total. The highest BCUT2D eigenvalue weighted by molar-refractivity contribution is 8.03. The molecular weight excluding hydrogens is 198 g/mol. The zero-order chi connectivity index (χ0) is 10.1. The molecule has 0 radical (unpaired) electrons. The second kappa shape index (κ2) is 4.23. The Labute approximate surface area is 88.4 Å². The van der Waals surface area contributed by atoms with Crippen LogP contribution in [0.15, 0.2) is 11.0 Å². The second-order valence-corrected chi connectivity index (χ2v) is 5.46. The van der Waals surface area contributed by atoms with E-state index in [-0.39, 0.29) is 0 Å². The van der Waals surface area contributed by atoms with Gasteiger partial charge in [0.2, 0.25) is 0 Å². The third-order valence-electron chi connectivity index (χ3n) is 3.00. The Kier molecular flexibility index (Phi) is 3.17. The summed E-state index contributed by atoms with van der Waals surface area (Å²) < 4.78 is 0. The average molecular weight is 215 g/mol. The van der Waals surface area contributed by atoms with Gasteiger partial charge in [0, 0.05) is 5.25 Å². The van der Waals surface area contributed by atoms with Crippen molar-refractivity contribution in [3.63, 3.8) is 0 Å². The monoisotopic (exact) mass is 215 g/mol. The van der Waals surface area contributed by atoms with Crippen LogP contribution in [0.2, 0.25) is 0 Å². The zero-order valence-corrected chi connectivity index (χ0v) is 8.91. The van der Waals surface area contributed by atoms with E-state index in [1.54, 1.807) is 0 Å². The summed E-state index contributed by atoms with van der Waals surface area (Å²) in [6, 6.07) is 0. The van der Waals surface area contributed by atoms with Gasteiger partial charge in [-0.25, -0.2) is 0 Å². The molecule has 1 aliphatic heterocycles. The van der Waals surface area contributed by atoms with Gasteiger partial charge in [-0.3, -0.25) is 0 Å². The molecule has 1 aliphatic carbocycles. The highest BCUT2D eigenvalue weighted by atomic mass is 32.2. The molecule has 0 amide bonds. The second-order valence-electron chi connectivity index (χ2n) is 4.10. The molecule has 4 unspecified atom stereocenters. The predicted octanol–water partition coefficient (Wildman–Crippen LogP) is 0.466. The van der Waals surface area contributed by atoms with E-state index in [4.69, 9.17) is 5.73 Å². The number of allylic oxidation sites excluding steroid dienone is 1.